The van der Waals surface area contributed by atoms with Crippen LogP contribution in [-0.2, 0) is 11.2 Å². The number of carbonyl (C=O) groups is 1. The summed E-state index contributed by atoms with van der Waals surface area (Å²) in [6.07, 6.45) is 3.06. The van der Waals surface area contributed by atoms with Gasteiger partial charge in [0, 0.05) is 12.6 Å². The van der Waals surface area contributed by atoms with E-state index in [0.717, 1.165) is 19.3 Å². The molecular weight excluding hydrogens is 314 g/mol. The Kier molecular flexibility index (Phi) is 10.8. The highest BCUT2D eigenvalue weighted by Crippen LogP contribution is 2.04. The van der Waals surface area contributed by atoms with Crippen LogP contribution >= 0.6 is 12.4 Å². The van der Waals surface area contributed by atoms with Crippen LogP contribution < -0.4 is 22.5 Å². The molecule has 6 nitrogen and oxygen atoms in total. The number of rotatable bonds is 9. The lowest BCUT2D eigenvalue weighted by Crippen LogP contribution is -2.45. The zero-order valence-corrected chi connectivity index (χ0v) is 14.4. The molecule has 1 rings (SSSR count). The summed E-state index contributed by atoms with van der Waals surface area (Å²) in [7, 11) is 0. The molecule has 7 N–H and O–H groups in total. The Bertz CT molecular complexity index is 477. The molecule has 0 aliphatic heterocycles. The van der Waals surface area contributed by atoms with Crippen molar-refractivity contribution in [3.63, 3.8) is 0 Å². The smallest absolute Gasteiger partial charge is 0.237 e. The van der Waals surface area contributed by atoms with Crippen molar-refractivity contribution in [2.75, 3.05) is 6.54 Å². The van der Waals surface area contributed by atoms with E-state index in [2.05, 4.69) is 10.3 Å². The lowest BCUT2D eigenvalue weighted by Gasteiger charge is -2.17. The molecular formula is C16H28ClN5O. The molecule has 130 valence electrons. The number of unbranched alkanes of at least 4 members (excludes halogenated alkanes) is 1. The average Bonchev–Trinajstić information content (AvgIpc) is 2.47. The molecule has 0 aromatic heterocycles. The van der Waals surface area contributed by atoms with E-state index in [4.69, 9.17) is 17.2 Å². The molecule has 0 bridgehead atoms. The largest absolute Gasteiger partial charge is 0.370 e. The third kappa shape index (κ3) is 9.76. The van der Waals surface area contributed by atoms with Gasteiger partial charge in [-0.15, -0.1) is 12.4 Å². The van der Waals surface area contributed by atoms with Crippen molar-refractivity contribution in [2.45, 2.75) is 44.7 Å². The van der Waals surface area contributed by atoms with Crippen molar-refractivity contribution >= 4 is 24.3 Å². The minimum absolute atomic E-state index is 0. The molecule has 0 saturated carbocycles. The quantitative estimate of drug-likeness (QED) is 0.303. The maximum atomic E-state index is 12.0. The van der Waals surface area contributed by atoms with Gasteiger partial charge >= 0.3 is 0 Å². The number of hydrogen-bond acceptors (Lipinski definition) is 3. The Hall–Kier alpha value is -1.79. The van der Waals surface area contributed by atoms with Gasteiger partial charge < -0.3 is 22.5 Å². The minimum atomic E-state index is -0.488. The predicted molar refractivity (Wildman–Crippen MR) is 97.5 cm³/mol. The van der Waals surface area contributed by atoms with Gasteiger partial charge in [0.15, 0.2) is 5.96 Å². The van der Waals surface area contributed by atoms with Crippen LogP contribution in [0.15, 0.2) is 35.3 Å². The summed E-state index contributed by atoms with van der Waals surface area (Å²) < 4.78 is 0. The number of aliphatic imine (C=N–C) groups is 1. The molecule has 7 heteroatoms. The molecule has 0 radical (unpaired) electrons. The number of hydrogen-bond donors (Lipinski definition) is 4. The first-order valence-corrected chi connectivity index (χ1v) is 7.64. The van der Waals surface area contributed by atoms with Crippen LogP contribution in [0.5, 0.6) is 0 Å². The molecule has 0 aliphatic rings. The molecule has 2 atom stereocenters. The molecule has 0 spiro atoms. The molecule has 0 fully saturated rings. The van der Waals surface area contributed by atoms with E-state index in [9.17, 15) is 4.79 Å². The number of benzene rings is 1. The summed E-state index contributed by atoms with van der Waals surface area (Å²) in [6.45, 7) is 2.55. The van der Waals surface area contributed by atoms with Crippen molar-refractivity contribution in [1.29, 1.82) is 0 Å². The number of carbonyl (C=O) groups excluding carboxylic acids is 1. The fourth-order valence-corrected chi connectivity index (χ4v) is 2.18. The van der Waals surface area contributed by atoms with Crippen LogP contribution in [0.2, 0.25) is 0 Å². The zero-order valence-electron chi connectivity index (χ0n) is 13.6. The van der Waals surface area contributed by atoms with E-state index >= 15 is 0 Å². The minimum Gasteiger partial charge on any atom is -0.370 e. The van der Waals surface area contributed by atoms with E-state index in [-0.39, 0.29) is 30.3 Å². The summed E-state index contributed by atoms with van der Waals surface area (Å²) in [6, 6.07) is 9.63. The Morgan fingerprint density at radius 2 is 1.87 bits per heavy atom. The van der Waals surface area contributed by atoms with Crippen LogP contribution in [0.25, 0.3) is 0 Å². The third-order valence-electron chi connectivity index (χ3n) is 3.33. The van der Waals surface area contributed by atoms with Gasteiger partial charge in [0.25, 0.3) is 0 Å². The van der Waals surface area contributed by atoms with Crippen molar-refractivity contribution in [2.24, 2.45) is 22.2 Å². The van der Waals surface area contributed by atoms with Crippen molar-refractivity contribution in [3.8, 4) is 0 Å². The SMILES string of the molecule is C[C@@H](Cc1ccccc1)NC(=O)C(N)CCCCN=C(N)N.Cl. The fourth-order valence-electron chi connectivity index (χ4n) is 2.18. The summed E-state index contributed by atoms with van der Waals surface area (Å²) in [5, 5.41) is 2.96. The topological polar surface area (TPSA) is 120 Å². The van der Waals surface area contributed by atoms with E-state index in [0.29, 0.717) is 13.0 Å². The highest BCUT2D eigenvalue weighted by atomic mass is 35.5. The van der Waals surface area contributed by atoms with Gasteiger partial charge in [-0.1, -0.05) is 30.3 Å². The number of guanidine groups is 1. The fraction of sp³-hybridized carbons (Fsp3) is 0.500. The zero-order chi connectivity index (χ0) is 16.4. The van der Waals surface area contributed by atoms with Gasteiger partial charge in [-0.05, 0) is 38.2 Å². The number of halogens is 1. The lowest BCUT2D eigenvalue weighted by molar-refractivity contribution is -0.123. The van der Waals surface area contributed by atoms with Gasteiger partial charge in [-0.25, -0.2) is 0 Å². The summed E-state index contributed by atoms with van der Waals surface area (Å²) in [4.78, 5) is 15.9. The number of nitrogens with one attached hydrogen (secondary N) is 1. The maximum absolute atomic E-state index is 12.0. The van der Waals surface area contributed by atoms with Crippen LogP contribution in [0, 0.1) is 0 Å². The molecule has 0 aliphatic carbocycles. The van der Waals surface area contributed by atoms with Crippen LogP contribution in [0.1, 0.15) is 31.7 Å². The number of nitrogens with zero attached hydrogens (tertiary/aromatic N) is 1. The van der Waals surface area contributed by atoms with Crippen LogP contribution in [-0.4, -0.2) is 30.5 Å². The molecule has 1 unspecified atom stereocenters. The van der Waals surface area contributed by atoms with Gasteiger partial charge in [0.2, 0.25) is 5.91 Å². The first-order chi connectivity index (χ1) is 10.5. The van der Waals surface area contributed by atoms with Crippen molar-refractivity contribution < 1.29 is 4.79 Å². The maximum Gasteiger partial charge on any atom is 0.237 e. The van der Waals surface area contributed by atoms with E-state index < -0.39 is 6.04 Å². The Morgan fingerprint density at radius 3 is 2.48 bits per heavy atom. The molecule has 23 heavy (non-hydrogen) atoms. The summed E-state index contributed by atoms with van der Waals surface area (Å²) >= 11 is 0. The molecule has 1 aromatic rings. The summed E-state index contributed by atoms with van der Waals surface area (Å²) in [5.74, 6) is -0.0120. The third-order valence-corrected chi connectivity index (χ3v) is 3.33. The number of nitrogens with two attached hydrogens (primary N) is 3. The second-order valence-electron chi connectivity index (χ2n) is 5.51. The second-order valence-corrected chi connectivity index (χ2v) is 5.51. The van der Waals surface area contributed by atoms with Crippen molar-refractivity contribution in [3.05, 3.63) is 35.9 Å². The van der Waals surface area contributed by atoms with Crippen molar-refractivity contribution in [1.82, 2.24) is 5.32 Å². The molecule has 0 saturated heterocycles. The van der Waals surface area contributed by atoms with E-state index in [1.54, 1.807) is 0 Å². The molecule has 1 amide bonds. The van der Waals surface area contributed by atoms with Crippen LogP contribution in [0.4, 0.5) is 0 Å². The molecule has 0 heterocycles. The highest BCUT2D eigenvalue weighted by Gasteiger charge is 2.15. The lowest BCUT2D eigenvalue weighted by atomic mass is 10.1. The van der Waals surface area contributed by atoms with E-state index in [1.807, 2.05) is 37.3 Å². The van der Waals surface area contributed by atoms with Gasteiger partial charge in [-0.2, -0.15) is 0 Å². The monoisotopic (exact) mass is 341 g/mol. The number of amides is 1. The predicted octanol–water partition coefficient (Wildman–Crippen LogP) is 0.927. The Balaban J connectivity index is 0.00000484. The van der Waals surface area contributed by atoms with Gasteiger partial charge in [-0.3, -0.25) is 9.79 Å². The average molecular weight is 342 g/mol. The first-order valence-electron chi connectivity index (χ1n) is 7.64. The second kappa shape index (κ2) is 11.7. The first kappa shape index (κ1) is 21.2. The highest BCUT2D eigenvalue weighted by molar-refractivity contribution is 5.85. The van der Waals surface area contributed by atoms with Gasteiger partial charge in [0.05, 0.1) is 6.04 Å². The normalized spacial score (nSPS) is 12.6. The Labute approximate surface area is 144 Å². The Morgan fingerprint density at radius 1 is 1.22 bits per heavy atom. The van der Waals surface area contributed by atoms with Gasteiger partial charge in [0.1, 0.15) is 0 Å². The standard InChI is InChI=1S/C16H27N5O.ClH/c1-12(11-13-7-3-2-4-8-13)21-15(22)14(17)9-5-6-10-20-16(18)19;/h2-4,7-8,12,14H,5-6,9-11,17H2,1H3,(H,21,22)(H4,18,19,20);1H/t12-,14?;/m0./s1. The van der Waals surface area contributed by atoms with E-state index in [1.165, 1.54) is 5.56 Å². The van der Waals surface area contributed by atoms with Crippen LogP contribution in [0.3, 0.4) is 0 Å². The molecule has 1 aromatic carbocycles. The summed E-state index contributed by atoms with van der Waals surface area (Å²) in [5.41, 5.74) is 17.6.